The molecule has 0 aromatic heterocycles. The molecule has 0 spiro atoms. The average molecular weight is 339 g/mol. The van der Waals surface area contributed by atoms with E-state index in [-0.39, 0.29) is 15.8 Å². The molecule has 1 aromatic rings. The third-order valence-electron chi connectivity index (χ3n) is 2.20. The fourth-order valence-corrected chi connectivity index (χ4v) is 2.22. The largest absolute Gasteiger partial charge is 0.378 e. The lowest BCUT2D eigenvalue weighted by Gasteiger charge is -2.07. The van der Waals surface area contributed by atoms with Gasteiger partial charge in [0.15, 0.2) is 0 Å². The topological polar surface area (TPSA) is 72.2 Å². The molecule has 1 rings (SSSR count). The Bertz CT molecular complexity index is 484. The van der Waals surface area contributed by atoms with E-state index < -0.39 is 21.5 Å². The minimum atomic E-state index is -0.963. The minimum Gasteiger partial charge on any atom is -0.378 e. The molecule has 18 heavy (non-hydrogen) atoms. The molecule has 0 saturated heterocycles. The Kier molecular flexibility index (Phi) is 5.67. The SMILES string of the molecule is CCS(=O)CCNc1cc(F)c(Br)cc1[N+](=O)[O-]. The van der Waals surface area contributed by atoms with Gasteiger partial charge >= 0.3 is 0 Å². The number of halogens is 2. The molecule has 1 unspecified atom stereocenters. The number of hydrogen-bond donors (Lipinski definition) is 1. The van der Waals surface area contributed by atoms with Crippen molar-refractivity contribution in [2.75, 3.05) is 23.4 Å². The van der Waals surface area contributed by atoms with Gasteiger partial charge in [-0.1, -0.05) is 6.92 Å². The second kappa shape index (κ2) is 6.79. The highest BCUT2D eigenvalue weighted by molar-refractivity contribution is 9.10. The van der Waals surface area contributed by atoms with Crippen LogP contribution in [0.3, 0.4) is 0 Å². The number of nitro groups is 1. The minimum absolute atomic E-state index is 0.0388. The van der Waals surface area contributed by atoms with Gasteiger partial charge in [0.1, 0.15) is 11.5 Å². The first-order valence-corrected chi connectivity index (χ1v) is 7.46. The van der Waals surface area contributed by atoms with Crippen LogP contribution < -0.4 is 5.32 Å². The molecule has 0 saturated carbocycles. The van der Waals surface area contributed by atoms with Crippen molar-refractivity contribution in [1.29, 1.82) is 0 Å². The predicted octanol–water partition coefficient (Wildman–Crippen LogP) is 2.68. The van der Waals surface area contributed by atoms with E-state index in [1.165, 1.54) is 0 Å². The van der Waals surface area contributed by atoms with Crippen LogP contribution in [0.15, 0.2) is 16.6 Å². The molecule has 1 atom stereocenters. The maximum absolute atomic E-state index is 13.3. The molecule has 0 aliphatic rings. The van der Waals surface area contributed by atoms with E-state index in [1.807, 2.05) is 0 Å². The van der Waals surface area contributed by atoms with Crippen LogP contribution in [0.25, 0.3) is 0 Å². The zero-order valence-electron chi connectivity index (χ0n) is 9.61. The molecule has 1 aromatic carbocycles. The molecular formula is C10H12BrFN2O3S. The van der Waals surface area contributed by atoms with Gasteiger partial charge < -0.3 is 5.32 Å². The van der Waals surface area contributed by atoms with Crippen molar-refractivity contribution in [3.05, 3.63) is 32.5 Å². The summed E-state index contributed by atoms with van der Waals surface area (Å²) in [5, 5.41) is 13.5. The summed E-state index contributed by atoms with van der Waals surface area (Å²) in [6.45, 7) is 2.08. The zero-order valence-corrected chi connectivity index (χ0v) is 12.0. The summed E-state index contributed by atoms with van der Waals surface area (Å²) in [7, 11) is -0.963. The fourth-order valence-electron chi connectivity index (χ4n) is 1.27. The zero-order chi connectivity index (χ0) is 13.7. The van der Waals surface area contributed by atoms with Gasteiger partial charge in [-0.3, -0.25) is 14.3 Å². The quantitative estimate of drug-likeness (QED) is 0.639. The number of benzene rings is 1. The van der Waals surface area contributed by atoms with E-state index in [4.69, 9.17) is 0 Å². The second-order valence-electron chi connectivity index (χ2n) is 3.40. The monoisotopic (exact) mass is 338 g/mol. The molecule has 0 radical (unpaired) electrons. The van der Waals surface area contributed by atoms with Crippen molar-refractivity contribution in [3.63, 3.8) is 0 Å². The molecule has 0 heterocycles. The Morgan fingerprint density at radius 1 is 1.56 bits per heavy atom. The van der Waals surface area contributed by atoms with Crippen molar-refractivity contribution in [3.8, 4) is 0 Å². The van der Waals surface area contributed by atoms with Gasteiger partial charge in [-0.2, -0.15) is 0 Å². The Hall–Kier alpha value is -1.02. The van der Waals surface area contributed by atoms with Crippen LogP contribution in [0.1, 0.15) is 6.92 Å². The van der Waals surface area contributed by atoms with Crippen molar-refractivity contribution in [2.45, 2.75) is 6.92 Å². The van der Waals surface area contributed by atoms with Crippen LogP contribution in [-0.2, 0) is 10.8 Å². The normalized spacial score (nSPS) is 12.2. The van der Waals surface area contributed by atoms with E-state index in [2.05, 4.69) is 21.2 Å². The first-order chi connectivity index (χ1) is 8.45. The van der Waals surface area contributed by atoms with Crippen molar-refractivity contribution >= 4 is 38.1 Å². The maximum atomic E-state index is 13.3. The van der Waals surface area contributed by atoms with E-state index >= 15 is 0 Å². The maximum Gasteiger partial charge on any atom is 0.293 e. The number of anilines is 1. The molecule has 5 nitrogen and oxygen atoms in total. The Balaban J connectivity index is 2.83. The van der Waals surface area contributed by atoms with Crippen LogP contribution in [0, 0.1) is 15.9 Å². The highest BCUT2D eigenvalue weighted by Crippen LogP contribution is 2.30. The van der Waals surface area contributed by atoms with E-state index in [9.17, 15) is 18.7 Å². The highest BCUT2D eigenvalue weighted by atomic mass is 79.9. The van der Waals surface area contributed by atoms with Gasteiger partial charge in [-0.15, -0.1) is 0 Å². The molecule has 0 amide bonds. The summed E-state index contributed by atoms with van der Waals surface area (Å²) < 4.78 is 24.5. The van der Waals surface area contributed by atoms with Gasteiger partial charge in [0.05, 0.1) is 9.40 Å². The molecule has 0 aliphatic carbocycles. The lowest BCUT2D eigenvalue weighted by molar-refractivity contribution is -0.384. The van der Waals surface area contributed by atoms with E-state index in [1.54, 1.807) is 6.92 Å². The Morgan fingerprint density at radius 3 is 2.78 bits per heavy atom. The molecule has 1 N–H and O–H groups in total. The first kappa shape index (κ1) is 15.0. The van der Waals surface area contributed by atoms with Crippen LogP contribution in [0.5, 0.6) is 0 Å². The second-order valence-corrected chi connectivity index (χ2v) is 6.12. The molecule has 0 aliphatic heterocycles. The number of hydrogen-bond acceptors (Lipinski definition) is 4. The number of nitro benzene ring substituents is 1. The van der Waals surface area contributed by atoms with Crippen molar-refractivity contribution in [2.24, 2.45) is 0 Å². The molecular weight excluding hydrogens is 327 g/mol. The molecule has 0 bridgehead atoms. The summed E-state index contributed by atoms with van der Waals surface area (Å²) in [6.07, 6.45) is 0. The van der Waals surface area contributed by atoms with Crippen LogP contribution in [-0.4, -0.2) is 27.2 Å². The third kappa shape index (κ3) is 4.02. The first-order valence-electron chi connectivity index (χ1n) is 5.18. The smallest absolute Gasteiger partial charge is 0.293 e. The fraction of sp³-hybridized carbons (Fsp3) is 0.400. The third-order valence-corrected chi connectivity index (χ3v) is 4.11. The molecule has 0 fully saturated rings. The van der Waals surface area contributed by atoms with Gasteiger partial charge in [0.25, 0.3) is 5.69 Å². The Labute approximate surface area is 115 Å². The van der Waals surface area contributed by atoms with Crippen molar-refractivity contribution < 1.29 is 13.5 Å². The van der Waals surface area contributed by atoms with Gasteiger partial charge in [0.2, 0.25) is 0 Å². The van der Waals surface area contributed by atoms with Crippen molar-refractivity contribution in [1.82, 2.24) is 0 Å². The van der Waals surface area contributed by atoms with Gasteiger partial charge in [-0.05, 0) is 15.9 Å². The van der Waals surface area contributed by atoms with E-state index in [0.29, 0.717) is 18.1 Å². The lowest BCUT2D eigenvalue weighted by Crippen LogP contribution is -2.13. The summed E-state index contributed by atoms with van der Waals surface area (Å²) >= 11 is 2.90. The number of rotatable bonds is 6. The average Bonchev–Trinajstić information content (AvgIpc) is 2.32. The summed E-state index contributed by atoms with van der Waals surface area (Å²) in [4.78, 5) is 10.2. The number of nitrogens with zero attached hydrogens (tertiary/aromatic N) is 1. The lowest BCUT2D eigenvalue weighted by atomic mass is 10.2. The van der Waals surface area contributed by atoms with E-state index in [0.717, 1.165) is 12.1 Å². The van der Waals surface area contributed by atoms with Crippen LogP contribution >= 0.6 is 15.9 Å². The number of nitrogens with one attached hydrogen (secondary N) is 1. The van der Waals surface area contributed by atoms with Crippen LogP contribution in [0.4, 0.5) is 15.8 Å². The van der Waals surface area contributed by atoms with Gasteiger partial charge in [-0.25, -0.2) is 4.39 Å². The molecule has 8 heteroatoms. The van der Waals surface area contributed by atoms with Crippen LogP contribution in [0.2, 0.25) is 0 Å². The molecule has 100 valence electrons. The standard InChI is InChI=1S/C10H12BrFN2O3S/c1-2-18(17)4-3-13-9-6-8(12)7(11)5-10(9)14(15)16/h5-6,13H,2-4H2,1H3. The summed E-state index contributed by atoms with van der Waals surface area (Å²) in [6, 6.07) is 2.16. The predicted molar refractivity (Wildman–Crippen MR) is 72.8 cm³/mol. The summed E-state index contributed by atoms with van der Waals surface area (Å²) in [5.74, 6) is 0.309. The Morgan fingerprint density at radius 2 is 2.22 bits per heavy atom. The van der Waals surface area contributed by atoms with Gasteiger partial charge in [0, 0.05) is 41.0 Å². The highest BCUT2D eigenvalue weighted by Gasteiger charge is 2.17. The summed E-state index contributed by atoms with van der Waals surface area (Å²) in [5.41, 5.74) is -0.126.